The van der Waals surface area contributed by atoms with E-state index in [1.165, 1.54) is 0 Å². The Morgan fingerprint density at radius 2 is 1.22 bits per heavy atom. The van der Waals surface area contributed by atoms with Crippen LogP contribution < -0.4 is 9.47 Å². The predicted octanol–water partition coefficient (Wildman–Crippen LogP) is 6.24. The first-order valence-electron chi connectivity index (χ1n) is 8.13. The second kappa shape index (κ2) is 8.57. The molecule has 0 unspecified atom stereocenters. The third-order valence-corrected chi connectivity index (χ3v) is 3.64. The molecule has 0 bridgehead atoms. The van der Waals surface area contributed by atoms with Crippen molar-refractivity contribution in [3.05, 3.63) is 66.7 Å². The minimum Gasteiger partial charge on any atom is -0.508 e. The minimum atomic E-state index is 0.177. The summed E-state index contributed by atoms with van der Waals surface area (Å²) in [5, 5.41) is 26.1. The van der Waals surface area contributed by atoms with Crippen molar-refractivity contribution in [3.8, 4) is 17.2 Å². The quantitative estimate of drug-likeness (QED) is 0.526. The van der Waals surface area contributed by atoms with Gasteiger partial charge in [-0.3, -0.25) is 0 Å². The molecule has 0 heterocycles. The van der Waals surface area contributed by atoms with Crippen molar-refractivity contribution in [2.45, 2.75) is 0 Å². The molecule has 3 aromatic carbocycles. The van der Waals surface area contributed by atoms with Crippen molar-refractivity contribution in [2.24, 2.45) is 20.5 Å². The zero-order valence-electron chi connectivity index (χ0n) is 14.9. The van der Waals surface area contributed by atoms with Gasteiger partial charge in [-0.15, -0.1) is 10.2 Å². The molecule has 0 fully saturated rings. The van der Waals surface area contributed by atoms with Crippen LogP contribution in [0.1, 0.15) is 0 Å². The lowest BCUT2D eigenvalue weighted by molar-refractivity contribution is 0.415. The van der Waals surface area contributed by atoms with Gasteiger partial charge in [0.1, 0.15) is 28.6 Å². The molecule has 0 aliphatic heterocycles. The van der Waals surface area contributed by atoms with Gasteiger partial charge in [-0.1, -0.05) is 12.1 Å². The Morgan fingerprint density at radius 1 is 0.630 bits per heavy atom. The summed E-state index contributed by atoms with van der Waals surface area (Å²) < 4.78 is 10.6. The molecule has 3 aromatic rings. The van der Waals surface area contributed by atoms with Crippen molar-refractivity contribution in [1.82, 2.24) is 0 Å². The maximum Gasteiger partial charge on any atom is 0.148 e. The molecule has 3 rings (SSSR count). The van der Waals surface area contributed by atoms with E-state index >= 15 is 0 Å². The van der Waals surface area contributed by atoms with Crippen LogP contribution in [0.3, 0.4) is 0 Å². The van der Waals surface area contributed by atoms with Crippen molar-refractivity contribution < 1.29 is 14.6 Å². The van der Waals surface area contributed by atoms with E-state index in [0.717, 1.165) is 0 Å². The molecular formula is C20H18N4O3. The van der Waals surface area contributed by atoms with Gasteiger partial charge in [0.05, 0.1) is 25.6 Å². The van der Waals surface area contributed by atoms with Crippen molar-refractivity contribution in [2.75, 3.05) is 14.2 Å². The highest BCUT2D eigenvalue weighted by Crippen LogP contribution is 2.34. The van der Waals surface area contributed by atoms with Crippen LogP contribution in [0, 0.1) is 0 Å². The van der Waals surface area contributed by atoms with Crippen LogP contribution in [-0.4, -0.2) is 19.3 Å². The average molecular weight is 362 g/mol. The van der Waals surface area contributed by atoms with Crippen LogP contribution in [0.15, 0.2) is 87.2 Å². The molecule has 0 saturated heterocycles. The highest BCUT2D eigenvalue weighted by molar-refractivity contribution is 5.59. The van der Waals surface area contributed by atoms with Crippen LogP contribution in [0.5, 0.6) is 17.2 Å². The normalized spacial score (nSPS) is 11.2. The maximum atomic E-state index is 9.30. The smallest absolute Gasteiger partial charge is 0.148 e. The summed E-state index contributed by atoms with van der Waals surface area (Å²) in [6, 6.07) is 19.1. The summed E-state index contributed by atoms with van der Waals surface area (Å²) >= 11 is 0. The third-order valence-electron chi connectivity index (χ3n) is 3.64. The van der Waals surface area contributed by atoms with Crippen molar-refractivity contribution in [3.63, 3.8) is 0 Å². The average Bonchev–Trinajstić information content (AvgIpc) is 2.72. The molecule has 0 amide bonds. The zero-order valence-corrected chi connectivity index (χ0v) is 14.9. The molecule has 0 saturated carbocycles. The summed E-state index contributed by atoms with van der Waals surface area (Å²) in [5.41, 5.74) is 2.42. The first-order valence-corrected chi connectivity index (χ1v) is 8.13. The zero-order chi connectivity index (χ0) is 19.1. The molecule has 1 N–H and O–H groups in total. The SMILES string of the molecule is COc1ccccc1N=Nc1ccc(N=Nc2ccc(O)cc2)c(OC)c1. The van der Waals surface area contributed by atoms with E-state index < -0.39 is 0 Å². The monoisotopic (exact) mass is 362 g/mol. The molecule has 27 heavy (non-hydrogen) atoms. The van der Waals surface area contributed by atoms with Gasteiger partial charge in [-0.25, -0.2) is 0 Å². The standard InChI is InChI=1S/C20H18N4O3/c1-26-19-6-4-3-5-17(19)23-22-15-9-12-18(20(13-15)27-2)24-21-14-7-10-16(25)11-8-14/h3-13,25H,1-2H3. The number of hydrogen-bond acceptors (Lipinski definition) is 7. The lowest BCUT2D eigenvalue weighted by atomic mass is 10.2. The van der Waals surface area contributed by atoms with Gasteiger partial charge in [0.25, 0.3) is 0 Å². The van der Waals surface area contributed by atoms with E-state index in [9.17, 15) is 5.11 Å². The number of azo groups is 2. The van der Waals surface area contributed by atoms with Crippen molar-refractivity contribution >= 4 is 22.7 Å². The molecule has 7 nitrogen and oxygen atoms in total. The van der Waals surface area contributed by atoms with Crippen molar-refractivity contribution in [1.29, 1.82) is 0 Å². The van der Waals surface area contributed by atoms with E-state index in [1.807, 2.05) is 24.3 Å². The summed E-state index contributed by atoms with van der Waals surface area (Å²) in [6.45, 7) is 0. The molecular weight excluding hydrogens is 344 g/mol. The van der Waals surface area contributed by atoms with Gasteiger partial charge in [-0.05, 0) is 48.5 Å². The second-order valence-corrected chi connectivity index (χ2v) is 5.44. The molecule has 0 radical (unpaired) electrons. The number of benzene rings is 3. The summed E-state index contributed by atoms with van der Waals surface area (Å²) in [5.74, 6) is 1.35. The van der Waals surface area contributed by atoms with Crippen LogP contribution in [0.25, 0.3) is 0 Å². The first-order chi connectivity index (χ1) is 13.2. The lowest BCUT2D eigenvalue weighted by Gasteiger charge is -2.05. The van der Waals surface area contributed by atoms with Gasteiger partial charge in [0, 0.05) is 6.07 Å². The van der Waals surface area contributed by atoms with Crippen LogP contribution in [-0.2, 0) is 0 Å². The number of nitrogens with zero attached hydrogens (tertiary/aromatic N) is 4. The Bertz CT molecular complexity index is 969. The van der Waals surface area contributed by atoms with E-state index in [-0.39, 0.29) is 5.75 Å². The minimum absolute atomic E-state index is 0.177. The first kappa shape index (κ1) is 18.1. The molecule has 0 spiro atoms. The topological polar surface area (TPSA) is 88.1 Å². The number of rotatable bonds is 6. The molecule has 0 atom stereocenters. The number of aromatic hydroxyl groups is 1. The van der Waals surface area contributed by atoms with Crippen LogP contribution in [0.2, 0.25) is 0 Å². The number of phenols is 1. The van der Waals surface area contributed by atoms with Gasteiger partial charge in [-0.2, -0.15) is 10.2 Å². The fourth-order valence-electron chi connectivity index (χ4n) is 2.27. The number of phenolic OH excluding ortho intramolecular Hbond substituents is 1. The fraction of sp³-hybridized carbons (Fsp3) is 0.100. The Labute approximate surface area is 156 Å². The Balaban J connectivity index is 1.81. The molecule has 0 aliphatic rings. The molecule has 0 aliphatic carbocycles. The number of ether oxygens (including phenoxy) is 2. The highest BCUT2D eigenvalue weighted by Gasteiger charge is 2.05. The molecule has 7 heteroatoms. The van der Waals surface area contributed by atoms with Gasteiger partial charge < -0.3 is 14.6 Å². The summed E-state index contributed by atoms with van der Waals surface area (Å²) in [6.07, 6.45) is 0. The third kappa shape index (κ3) is 4.66. The largest absolute Gasteiger partial charge is 0.508 e. The Kier molecular flexibility index (Phi) is 5.73. The number of hydrogen-bond donors (Lipinski definition) is 1. The van der Waals surface area contributed by atoms with E-state index in [0.29, 0.717) is 34.2 Å². The van der Waals surface area contributed by atoms with E-state index in [2.05, 4.69) is 20.5 Å². The van der Waals surface area contributed by atoms with Gasteiger partial charge in [0.2, 0.25) is 0 Å². The summed E-state index contributed by atoms with van der Waals surface area (Å²) in [7, 11) is 3.14. The fourth-order valence-corrected chi connectivity index (χ4v) is 2.27. The second-order valence-electron chi connectivity index (χ2n) is 5.44. The predicted molar refractivity (Wildman–Crippen MR) is 102 cm³/mol. The lowest BCUT2D eigenvalue weighted by Crippen LogP contribution is -1.83. The van der Waals surface area contributed by atoms with Crippen LogP contribution in [0.4, 0.5) is 22.7 Å². The number of para-hydroxylation sites is 1. The van der Waals surface area contributed by atoms with Gasteiger partial charge >= 0.3 is 0 Å². The van der Waals surface area contributed by atoms with Gasteiger partial charge in [0.15, 0.2) is 0 Å². The Hall–Kier alpha value is -3.74. The van der Waals surface area contributed by atoms with E-state index in [1.54, 1.807) is 56.7 Å². The van der Waals surface area contributed by atoms with E-state index in [4.69, 9.17) is 9.47 Å². The number of methoxy groups -OCH3 is 2. The summed E-state index contributed by atoms with van der Waals surface area (Å²) in [4.78, 5) is 0. The molecule has 0 aromatic heterocycles. The van der Waals surface area contributed by atoms with Crippen LogP contribution >= 0.6 is 0 Å². The Morgan fingerprint density at radius 3 is 1.93 bits per heavy atom. The molecule has 136 valence electrons. The maximum absolute atomic E-state index is 9.30. The highest BCUT2D eigenvalue weighted by atomic mass is 16.5.